The Hall–Kier alpha value is -0.190. The molecule has 4 heteroatoms. The summed E-state index contributed by atoms with van der Waals surface area (Å²) in [6.45, 7) is 0. The second-order valence-electron chi connectivity index (χ2n) is 2.39. The predicted molar refractivity (Wildman–Crippen MR) is 58.4 cm³/mol. The minimum absolute atomic E-state index is 0.227. The smallest absolute Gasteiger partial charge is 0.129 e. The zero-order valence-corrected chi connectivity index (χ0v) is 9.21. The van der Waals surface area contributed by atoms with E-state index >= 15 is 0 Å². The summed E-state index contributed by atoms with van der Waals surface area (Å²) in [7, 11) is 0. The molecule has 0 bridgehead atoms. The number of halogens is 1. The topological polar surface area (TPSA) is 20.2 Å². The van der Waals surface area contributed by atoms with Gasteiger partial charge in [0.25, 0.3) is 0 Å². The van der Waals surface area contributed by atoms with Gasteiger partial charge in [0.15, 0.2) is 0 Å². The van der Waals surface area contributed by atoms with Gasteiger partial charge in [0, 0.05) is 19.9 Å². The van der Waals surface area contributed by atoms with Gasteiger partial charge in [-0.2, -0.15) is 0 Å². The lowest BCUT2D eigenvalue weighted by Gasteiger charge is -1.98. The van der Waals surface area contributed by atoms with Crippen LogP contribution in [0, 0.1) is 0 Å². The monoisotopic (exact) mass is 260 g/mol. The first-order valence-electron chi connectivity index (χ1n) is 3.28. The maximum absolute atomic E-state index is 9.37. The number of thiophene rings is 1. The standard InChI is InChI=1S/C8H5BrOS2/c9-4-3-12-6-2-1-5(10)8(11)7(4)6/h1-3,10-11H. The Bertz CT molecular complexity index is 436. The number of rotatable bonds is 0. The second-order valence-corrected chi connectivity index (χ2v) is 4.60. The van der Waals surface area contributed by atoms with Crippen LogP contribution in [0.15, 0.2) is 26.9 Å². The zero-order chi connectivity index (χ0) is 8.72. The third kappa shape index (κ3) is 1.14. The fraction of sp³-hybridized carbons (Fsp3) is 0. The highest BCUT2D eigenvalue weighted by Crippen LogP contribution is 2.38. The van der Waals surface area contributed by atoms with Crippen LogP contribution >= 0.6 is 39.9 Å². The van der Waals surface area contributed by atoms with E-state index in [-0.39, 0.29) is 5.75 Å². The number of phenolic OH excluding ortho intramolecular Hbond substituents is 1. The summed E-state index contributed by atoms with van der Waals surface area (Å²) in [4.78, 5) is 0.639. The Morgan fingerprint density at radius 2 is 2.17 bits per heavy atom. The van der Waals surface area contributed by atoms with E-state index in [1.165, 1.54) is 0 Å². The second kappa shape index (κ2) is 2.94. The summed E-state index contributed by atoms with van der Waals surface area (Å²) >= 11 is 9.26. The summed E-state index contributed by atoms with van der Waals surface area (Å²) in [5.41, 5.74) is 0. The quantitative estimate of drug-likeness (QED) is 0.693. The third-order valence-corrected chi connectivity index (χ3v) is 3.98. The van der Waals surface area contributed by atoms with Crippen molar-refractivity contribution >= 4 is 50.0 Å². The minimum Gasteiger partial charge on any atom is -0.507 e. The van der Waals surface area contributed by atoms with Crippen LogP contribution in [0.25, 0.3) is 10.1 Å². The van der Waals surface area contributed by atoms with E-state index < -0.39 is 0 Å². The SMILES string of the molecule is Oc1ccc2scc(Br)c2c1S. The van der Waals surface area contributed by atoms with Gasteiger partial charge in [-0.3, -0.25) is 0 Å². The van der Waals surface area contributed by atoms with E-state index in [0.717, 1.165) is 14.6 Å². The number of fused-ring (bicyclic) bond motifs is 1. The van der Waals surface area contributed by atoms with Crippen molar-refractivity contribution in [2.75, 3.05) is 0 Å². The molecule has 0 unspecified atom stereocenters. The van der Waals surface area contributed by atoms with Gasteiger partial charge in [-0.15, -0.1) is 24.0 Å². The minimum atomic E-state index is 0.227. The van der Waals surface area contributed by atoms with E-state index in [1.54, 1.807) is 17.4 Å². The van der Waals surface area contributed by atoms with Gasteiger partial charge in [-0.05, 0) is 28.1 Å². The molecule has 0 fully saturated rings. The van der Waals surface area contributed by atoms with Crippen molar-refractivity contribution < 1.29 is 5.11 Å². The molecular formula is C8H5BrOS2. The van der Waals surface area contributed by atoms with Crippen molar-refractivity contribution in [2.45, 2.75) is 4.90 Å². The van der Waals surface area contributed by atoms with Crippen molar-refractivity contribution in [1.29, 1.82) is 0 Å². The molecule has 2 aromatic rings. The Balaban J connectivity index is 2.96. The molecule has 0 aliphatic rings. The lowest BCUT2D eigenvalue weighted by Crippen LogP contribution is -1.70. The normalized spacial score (nSPS) is 10.8. The van der Waals surface area contributed by atoms with Gasteiger partial charge < -0.3 is 5.11 Å². The molecule has 0 saturated carbocycles. The molecule has 0 aliphatic carbocycles. The number of hydrogen-bond acceptors (Lipinski definition) is 3. The van der Waals surface area contributed by atoms with E-state index in [1.807, 2.05) is 11.4 Å². The molecule has 0 atom stereocenters. The van der Waals surface area contributed by atoms with Crippen LogP contribution in [0.1, 0.15) is 0 Å². The van der Waals surface area contributed by atoms with Gasteiger partial charge in [-0.1, -0.05) is 0 Å². The summed E-state index contributed by atoms with van der Waals surface area (Å²) in [6, 6.07) is 3.55. The molecule has 1 aromatic heterocycles. The van der Waals surface area contributed by atoms with Crippen molar-refractivity contribution in [2.24, 2.45) is 0 Å². The largest absolute Gasteiger partial charge is 0.507 e. The summed E-state index contributed by atoms with van der Waals surface area (Å²) < 4.78 is 2.12. The molecule has 0 aliphatic heterocycles. The first-order valence-corrected chi connectivity index (χ1v) is 5.40. The molecule has 0 spiro atoms. The number of hydrogen-bond donors (Lipinski definition) is 2. The van der Waals surface area contributed by atoms with E-state index in [2.05, 4.69) is 28.6 Å². The highest BCUT2D eigenvalue weighted by Gasteiger charge is 2.07. The average Bonchev–Trinajstić information content (AvgIpc) is 2.41. The van der Waals surface area contributed by atoms with Crippen LogP contribution < -0.4 is 0 Å². The first-order chi connectivity index (χ1) is 5.70. The lowest BCUT2D eigenvalue weighted by molar-refractivity contribution is 0.464. The average molecular weight is 261 g/mol. The molecule has 0 amide bonds. The molecule has 0 saturated heterocycles. The Kier molecular flexibility index (Phi) is 2.06. The fourth-order valence-electron chi connectivity index (χ4n) is 1.06. The van der Waals surface area contributed by atoms with E-state index in [9.17, 15) is 5.11 Å². The van der Waals surface area contributed by atoms with Crippen molar-refractivity contribution in [3.63, 3.8) is 0 Å². The van der Waals surface area contributed by atoms with Gasteiger partial charge >= 0.3 is 0 Å². The molecule has 1 heterocycles. The summed E-state index contributed by atoms with van der Waals surface area (Å²) in [5.74, 6) is 0.227. The van der Waals surface area contributed by atoms with Gasteiger partial charge in [0.2, 0.25) is 0 Å². The van der Waals surface area contributed by atoms with Gasteiger partial charge in [0.05, 0.1) is 4.90 Å². The highest BCUT2D eigenvalue weighted by molar-refractivity contribution is 9.10. The van der Waals surface area contributed by atoms with Crippen LogP contribution in [-0.4, -0.2) is 5.11 Å². The van der Waals surface area contributed by atoms with Crippen LogP contribution in [-0.2, 0) is 0 Å². The molecular weight excluding hydrogens is 256 g/mol. The molecule has 12 heavy (non-hydrogen) atoms. The van der Waals surface area contributed by atoms with Gasteiger partial charge in [0.1, 0.15) is 5.75 Å². The van der Waals surface area contributed by atoms with Crippen molar-refractivity contribution in [1.82, 2.24) is 0 Å². The highest BCUT2D eigenvalue weighted by atomic mass is 79.9. The molecule has 0 radical (unpaired) electrons. The molecule has 1 aromatic carbocycles. The number of thiol groups is 1. The Morgan fingerprint density at radius 3 is 2.92 bits per heavy atom. The predicted octanol–water partition coefficient (Wildman–Crippen LogP) is 3.66. The van der Waals surface area contributed by atoms with Gasteiger partial charge in [-0.25, -0.2) is 0 Å². The van der Waals surface area contributed by atoms with Crippen molar-refractivity contribution in [3.05, 3.63) is 22.0 Å². The van der Waals surface area contributed by atoms with E-state index in [4.69, 9.17) is 0 Å². The molecule has 2 rings (SSSR count). The van der Waals surface area contributed by atoms with E-state index in [0.29, 0.717) is 4.90 Å². The Labute approximate surface area is 87.6 Å². The summed E-state index contributed by atoms with van der Waals surface area (Å²) in [5, 5.41) is 12.3. The summed E-state index contributed by atoms with van der Waals surface area (Å²) in [6.07, 6.45) is 0. The third-order valence-electron chi connectivity index (χ3n) is 1.65. The van der Waals surface area contributed by atoms with Crippen LogP contribution in [0.4, 0.5) is 0 Å². The van der Waals surface area contributed by atoms with Crippen LogP contribution in [0.5, 0.6) is 5.75 Å². The molecule has 1 N–H and O–H groups in total. The number of aromatic hydroxyl groups is 1. The molecule has 1 nitrogen and oxygen atoms in total. The maximum Gasteiger partial charge on any atom is 0.129 e. The zero-order valence-electron chi connectivity index (χ0n) is 5.91. The first kappa shape index (κ1) is 8.41. The van der Waals surface area contributed by atoms with Crippen LogP contribution in [0.2, 0.25) is 0 Å². The lowest BCUT2D eigenvalue weighted by atomic mass is 10.2. The van der Waals surface area contributed by atoms with Crippen LogP contribution in [0.3, 0.4) is 0 Å². The van der Waals surface area contributed by atoms with Crippen molar-refractivity contribution in [3.8, 4) is 5.75 Å². The number of benzene rings is 1. The number of phenols is 1. The maximum atomic E-state index is 9.37. The molecule has 62 valence electrons. The fourth-order valence-corrected chi connectivity index (χ4v) is 3.26. The Morgan fingerprint density at radius 1 is 1.42 bits per heavy atom.